The van der Waals surface area contributed by atoms with Gasteiger partial charge >= 0.3 is 11.7 Å². The Morgan fingerprint density at radius 1 is 1.27 bits per heavy atom. The molecule has 1 aromatic heterocycles. The molecule has 0 aliphatic carbocycles. The second-order valence-corrected chi connectivity index (χ2v) is 4.70. The molecule has 22 heavy (non-hydrogen) atoms. The summed E-state index contributed by atoms with van der Waals surface area (Å²) in [4.78, 5) is 45.9. The number of H-pyrrole nitrogens is 1. The third-order valence-corrected chi connectivity index (χ3v) is 2.35. The van der Waals surface area contributed by atoms with Gasteiger partial charge in [0.15, 0.2) is 0 Å². The first-order valence-electron chi connectivity index (χ1n) is 7.12. The van der Waals surface area contributed by atoms with E-state index < -0.39 is 23.1 Å². The molecule has 0 saturated heterocycles. The van der Waals surface area contributed by atoms with Gasteiger partial charge in [-0.25, -0.2) is 14.2 Å². The molecule has 0 bridgehead atoms. The molecule has 124 valence electrons. The van der Waals surface area contributed by atoms with Gasteiger partial charge in [0.1, 0.15) is 5.78 Å². The molecule has 0 fully saturated rings. The molecule has 0 aromatic carbocycles. The summed E-state index contributed by atoms with van der Waals surface area (Å²) < 4.78 is 13.4. The van der Waals surface area contributed by atoms with E-state index in [4.69, 9.17) is 0 Å². The molecular formula is C14H22FN3O4. The number of rotatable bonds is 5. The van der Waals surface area contributed by atoms with Gasteiger partial charge in [-0.1, -0.05) is 20.3 Å². The Morgan fingerprint density at radius 3 is 2.41 bits per heavy atom. The molecule has 0 radical (unpaired) electrons. The number of hydrogen-bond donors (Lipinski definition) is 2. The first-order chi connectivity index (χ1) is 10.3. The van der Waals surface area contributed by atoms with Gasteiger partial charge in [-0.15, -0.1) is 0 Å². The normalized spacial score (nSPS) is 9.64. The summed E-state index contributed by atoms with van der Waals surface area (Å²) in [5, 5.41) is 2.38. The smallest absolute Gasteiger partial charge is 0.336 e. The topological polar surface area (TPSA) is 101 Å². The number of unbranched alkanes of at least 4 members (excludes halogenated alkanes) is 1. The van der Waals surface area contributed by atoms with Crippen LogP contribution in [0.15, 0.2) is 15.8 Å². The Morgan fingerprint density at radius 2 is 1.86 bits per heavy atom. The van der Waals surface area contributed by atoms with Gasteiger partial charge in [0.25, 0.3) is 5.56 Å². The molecule has 2 N–H and O–H groups in total. The van der Waals surface area contributed by atoms with Crippen molar-refractivity contribution < 1.29 is 14.0 Å². The van der Waals surface area contributed by atoms with Crippen LogP contribution in [0.4, 0.5) is 9.18 Å². The molecule has 0 aliphatic heterocycles. The van der Waals surface area contributed by atoms with Gasteiger partial charge < -0.3 is 10.1 Å². The number of nitrogens with one attached hydrogen (secondary N) is 2. The highest BCUT2D eigenvalue weighted by molar-refractivity contribution is 5.76. The maximum atomic E-state index is 12.9. The average molecular weight is 315 g/mol. The summed E-state index contributed by atoms with van der Waals surface area (Å²) in [6.07, 6.45) is 3.38. The molecule has 1 heterocycles. The quantitative estimate of drug-likeness (QED) is 0.802. The largest absolute Gasteiger partial charge is 0.337 e. The molecule has 8 heteroatoms. The second-order valence-electron chi connectivity index (χ2n) is 4.70. The summed E-state index contributed by atoms with van der Waals surface area (Å²) in [5.41, 5.74) is -2.18. The first-order valence-corrected chi connectivity index (χ1v) is 7.12. The molecule has 7 nitrogen and oxygen atoms in total. The Kier molecular flexibility index (Phi) is 9.40. The lowest BCUT2D eigenvalue weighted by molar-refractivity contribution is -0.117. The molecule has 1 rings (SSSR count). The Bertz CT molecular complexity index is 607. The summed E-state index contributed by atoms with van der Waals surface area (Å²) in [6.45, 7) is 5.97. The van der Waals surface area contributed by atoms with Crippen molar-refractivity contribution >= 4 is 11.8 Å². The average Bonchev–Trinajstić information content (AvgIpc) is 2.42. The van der Waals surface area contributed by atoms with Gasteiger partial charge in [0.2, 0.25) is 5.82 Å². The van der Waals surface area contributed by atoms with Gasteiger partial charge in [-0.3, -0.25) is 9.78 Å². The minimum Gasteiger partial charge on any atom is -0.337 e. The van der Waals surface area contributed by atoms with E-state index in [9.17, 15) is 23.6 Å². The standard InChI is InChI=1S/C11H14FN3O4.C3H8/c1-7(16)4-2-3-5-13-10(18)15-6-8(12)9(17)14-11(15)19;1-3-2/h6H,2-5H2,1H3,(H,13,18)(H,14,17,19);3H2,1-2H3. The maximum absolute atomic E-state index is 12.9. The fraction of sp³-hybridized carbons (Fsp3) is 0.571. The summed E-state index contributed by atoms with van der Waals surface area (Å²) >= 11 is 0. The summed E-state index contributed by atoms with van der Waals surface area (Å²) in [7, 11) is 0. The number of aromatic nitrogens is 2. The van der Waals surface area contributed by atoms with Gasteiger partial charge in [0, 0.05) is 13.0 Å². The lowest BCUT2D eigenvalue weighted by Gasteiger charge is -2.06. The van der Waals surface area contributed by atoms with E-state index in [1.54, 1.807) is 4.98 Å². The van der Waals surface area contributed by atoms with Crippen molar-refractivity contribution in [2.24, 2.45) is 0 Å². The third kappa shape index (κ3) is 7.51. The van der Waals surface area contributed by atoms with Crippen molar-refractivity contribution in [3.63, 3.8) is 0 Å². The minimum absolute atomic E-state index is 0.0604. The molecule has 0 atom stereocenters. The highest BCUT2D eigenvalue weighted by Gasteiger charge is 2.10. The van der Waals surface area contributed by atoms with Crippen LogP contribution in [0, 0.1) is 5.82 Å². The van der Waals surface area contributed by atoms with E-state index >= 15 is 0 Å². The number of hydrogen-bond acceptors (Lipinski definition) is 4. The Balaban J connectivity index is 0.00000135. The van der Waals surface area contributed by atoms with Crippen LogP contribution in [0.1, 0.15) is 46.5 Å². The van der Waals surface area contributed by atoms with E-state index in [2.05, 4.69) is 19.2 Å². The zero-order chi connectivity index (χ0) is 17.1. The van der Waals surface area contributed by atoms with E-state index in [0.717, 1.165) is 0 Å². The van der Waals surface area contributed by atoms with Crippen LogP contribution in [0.5, 0.6) is 0 Å². The van der Waals surface area contributed by atoms with E-state index in [-0.39, 0.29) is 12.3 Å². The molecule has 1 amide bonds. The SMILES string of the molecule is CC(=O)CCCCNC(=O)n1cc(F)c(=O)[nH]c1=O.CCC. The lowest BCUT2D eigenvalue weighted by atomic mass is 10.2. The predicted octanol–water partition coefficient (Wildman–Crippen LogP) is 1.41. The van der Waals surface area contributed by atoms with Crippen molar-refractivity contribution in [1.29, 1.82) is 0 Å². The zero-order valence-corrected chi connectivity index (χ0v) is 13.1. The van der Waals surface area contributed by atoms with Crippen LogP contribution < -0.4 is 16.6 Å². The molecule has 0 aliphatic rings. The van der Waals surface area contributed by atoms with Crippen molar-refractivity contribution in [2.75, 3.05) is 6.54 Å². The monoisotopic (exact) mass is 315 g/mol. The van der Waals surface area contributed by atoms with Crippen LogP contribution >= 0.6 is 0 Å². The fourth-order valence-corrected chi connectivity index (χ4v) is 1.38. The molecule has 0 unspecified atom stereocenters. The number of nitrogens with zero attached hydrogens (tertiary/aromatic N) is 1. The molecular weight excluding hydrogens is 293 g/mol. The Labute approximate surface area is 127 Å². The first kappa shape index (κ1) is 19.8. The van der Waals surface area contributed by atoms with Gasteiger partial charge in [-0.2, -0.15) is 4.39 Å². The molecule has 1 aromatic rings. The van der Waals surface area contributed by atoms with E-state index in [0.29, 0.717) is 30.0 Å². The lowest BCUT2D eigenvalue weighted by Crippen LogP contribution is -2.40. The van der Waals surface area contributed by atoms with Crippen molar-refractivity contribution in [1.82, 2.24) is 14.9 Å². The molecule has 0 spiro atoms. The van der Waals surface area contributed by atoms with Crippen LogP contribution in [0.3, 0.4) is 0 Å². The van der Waals surface area contributed by atoms with Gasteiger partial charge in [-0.05, 0) is 19.8 Å². The van der Waals surface area contributed by atoms with Crippen molar-refractivity contribution in [3.8, 4) is 0 Å². The number of amides is 1. The van der Waals surface area contributed by atoms with E-state index in [1.807, 2.05) is 0 Å². The summed E-state index contributed by atoms with van der Waals surface area (Å²) in [5.74, 6) is -1.16. The highest BCUT2D eigenvalue weighted by atomic mass is 19.1. The van der Waals surface area contributed by atoms with Crippen LogP contribution in [0.2, 0.25) is 0 Å². The van der Waals surface area contributed by atoms with Crippen molar-refractivity contribution in [3.05, 3.63) is 32.9 Å². The predicted molar refractivity (Wildman–Crippen MR) is 80.6 cm³/mol. The van der Waals surface area contributed by atoms with E-state index in [1.165, 1.54) is 13.3 Å². The highest BCUT2D eigenvalue weighted by Crippen LogP contribution is 1.94. The second kappa shape index (κ2) is 10.5. The number of Topliss-reactive ketones (excluding diaryl/α,β-unsaturated/α-hetero) is 1. The fourth-order valence-electron chi connectivity index (χ4n) is 1.38. The Hall–Kier alpha value is -2.25. The van der Waals surface area contributed by atoms with Gasteiger partial charge in [0.05, 0.1) is 6.20 Å². The third-order valence-electron chi connectivity index (χ3n) is 2.35. The number of aromatic amines is 1. The van der Waals surface area contributed by atoms with Crippen LogP contribution in [-0.2, 0) is 4.79 Å². The minimum atomic E-state index is -1.22. The number of halogens is 1. The zero-order valence-electron chi connectivity index (χ0n) is 13.1. The maximum Gasteiger partial charge on any atom is 0.336 e. The number of carbonyl (C=O) groups excluding carboxylic acids is 2. The number of ketones is 1. The van der Waals surface area contributed by atoms with Crippen molar-refractivity contribution in [2.45, 2.75) is 46.5 Å². The molecule has 0 saturated carbocycles. The van der Waals surface area contributed by atoms with Crippen LogP contribution in [0.25, 0.3) is 0 Å². The van der Waals surface area contributed by atoms with Crippen LogP contribution in [-0.4, -0.2) is 27.9 Å². The summed E-state index contributed by atoms with van der Waals surface area (Å²) in [6, 6.07) is -0.831. The number of carbonyl (C=O) groups is 2.